The number of ketones is 1. The van der Waals surface area contributed by atoms with Crippen LogP contribution >= 0.6 is 0 Å². The van der Waals surface area contributed by atoms with Crippen molar-refractivity contribution in [1.29, 1.82) is 0 Å². The Morgan fingerprint density at radius 1 is 0.971 bits per heavy atom. The maximum Gasteiger partial charge on any atom is 0.341 e. The molecule has 0 spiro atoms. The minimum absolute atomic E-state index is 0.0107. The molecule has 0 amide bonds. The van der Waals surface area contributed by atoms with Crippen molar-refractivity contribution >= 4 is 11.8 Å². The second-order valence-corrected chi connectivity index (χ2v) is 7.39. The summed E-state index contributed by atoms with van der Waals surface area (Å²) in [7, 11) is 0. The summed E-state index contributed by atoms with van der Waals surface area (Å²) in [5.41, 5.74) is 2.03. The molecule has 3 aromatic carbocycles. The molecule has 4 aromatic rings. The number of ether oxygens (including phenoxy) is 2. The van der Waals surface area contributed by atoms with Crippen LogP contribution in [0.4, 0.5) is 0 Å². The number of carboxylic acids is 1. The lowest BCUT2D eigenvalue weighted by Crippen LogP contribution is -2.12. The van der Waals surface area contributed by atoms with Crippen LogP contribution in [0, 0.1) is 6.92 Å². The van der Waals surface area contributed by atoms with Crippen LogP contribution in [0.2, 0.25) is 0 Å². The number of benzene rings is 3. The van der Waals surface area contributed by atoms with Gasteiger partial charge in [0.25, 0.3) is 0 Å². The summed E-state index contributed by atoms with van der Waals surface area (Å²) in [5.74, 6) is -0.0106. The molecule has 172 valence electrons. The van der Waals surface area contributed by atoms with E-state index >= 15 is 0 Å². The second-order valence-electron chi connectivity index (χ2n) is 7.39. The zero-order valence-electron chi connectivity index (χ0n) is 18.2. The molecule has 0 aliphatic heterocycles. The zero-order chi connectivity index (χ0) is 24.1. The molecule has 4 rings (SSSR count). The highest BCUT2D eigenvalue weighted by Crippen LogP contribution is 2.28. The fourth-order valence-electron chi connectivity index (χ4n) is 3.23. The van der Waals surface area contributed by atoms with Crippen molar-refractivity contribution in [2.75, 3.05) is 6.61 Å². The van der Waals surface area contributed by atoms with Crippen molar-refractivity contribution in [2.24, 2.45) is 0 Å². The Morgan fingerprint density at radius 3 is 2.41 bits per heavy atom. The molecule has 0 aliphatic carbocycles. The van der Waals surface area contributed by atoms with E-state index in [0.717, 1.165) is 5.56 Å². The molecule has 0 bridgehead atoms. The summed E-state index contributed by atoms with van der Waals surface area (Å²) in [6.07, 6.45) is 0. The number of nitrogens with zero attached hydrogens (tertiary/aromatic N) is 1. The number of carbonyl (C=O) groups is 2. The van der Waals surface area contributed by atoms with Crippen molar-refractivity contribution in [1.82, 2.24) is 4.98 Å². The van der Waals surface area contributed by atoms with Gasteiger partial charge in [0, 0.05) is 17.2 Å². The van der Waals surface area contributed by atoms with Crippen LogP contribution in [0.15, 0.2) is 77.2 Å². The summed E-state index contributed by atoms with van der Waals surface area (Å²) in [4.78, 5) is 28.2. The molecule has 0 unspecified atom stereocenters. The average Bonchev–Trinajstić information content (AvgIpc) is 3.22. The van der Waals surface area contributed by atoms with E-state index in [-0.39, 0.29) is 29.5 Å². The number of aliphatic carboxylic acids is 1. The van der Waals surface area contributed by atoms with Crippen LogP contribution in [-0.2, 0) is 11.4 Å². The monoisotopic (exact) mass is 459 g/mol. The number of hydrogen-bond acceptors (Lipinski definition) is 7. The van der Waals surface area contributed by atoms with Crippen molar-refractivity contribution in [3.05, 3.63) is 95.4 Å². The average molecular weight is 459 g/mol. The molecule has 0 fully saturated rings. The lowest BCUT2D eigenvalue weighted by Gasteiger charge is -2.10. The smallest absolute Gasteiger partial charge is 0.341 e. The van der Waals surface area contributed by atoms with E-state index in [1.54, 1.807) is 24.3 Å². The van der Waals surface area contributed by atoms with Crippen molar-refractivity contribution in [3.8, 4) is 28.7 Å². The number of phenols is 1. The number of carbonyl (C=O) groups excluding carboxylic acids is 1. The number of carboxylic acid groups (broad SMARTS) is 1. The first-order valence-corrected chi connectivity index (χ1v) is 10.4. The molecule has 34 heavy (non-hydrogen) atoms. The number of aromatic nitrogens is 1. The third-order valence-corrected chi connectivity index (χ3v) is 4.97. The summed E-state index contributed by atoms with van der Waals surface area (Å²) in [6, 6.07) is 20.0. The zero-order valence-corrected chi connectivity index (χ0v) is 18.2. The predicted octanol–water partition coefficient (Wildman–Crippen LogP) is 4.63. The van der Waals surface area contributed by atoms with Crippen LogP contribution in [-0.4, -0.2) is 33.6 Å². The third kappa shape index (κ3) is 5.24. The maximum atomic E-state index is 12.9. The van der Waals surface area contributed by atoms with Gasteiger partial charge in [-0.05, 0) is 55.5 Å². The number of aromatic hydroxyl groups is 1. The van der Waals surface area contributed by atoms with Gasteiger partial charge in [-0.1, -0.05) is 18.2 Å². The van der Waals surface area contributed by atoms with Gasteiger partial charge in [0.15, 0.2) is 12.4 Å². The molecule has 0 saturated carbocycles. The predicted molar refractivity (Wildman–Crippen MR) is 122 cm³/mol. The Labute approximate surface area is 195 Å². The fraction of sp³-hybridized carbons (Fsp3) is 0.115. The lowest BCUT2D eigenvalue weighted by molar-refractivity contribution is -0.139. The van der Waals surface area contributed by atoms with Gasteiger partial charge in [0.2, 0.25) is 5.89 Å². The van der Waals surface area contributed by atoms with Gasteiger partial charge in [-0.25, -0.2) is 9.78 Å². The minimum atomic E-state index is -1.19. The largest absolute Gasteiger partial charge is 0.508 e. The van der Waals surface area contributed by atoms with Crippen LogP contribution in [0.25, 0.3) is 11.5 Å². The van der Waals surface area contributed by atoms with E-state index in [1.165, 1.54) is 18.2 Å². The number of hydrogen-bond donors (Lipinski definition) is 2. The first kappa shape index (κ1) is 22.6. The molecule has 1 aromatic heterocycles. The number of aryl methyl sites for hydroxylation is 1. The summed E-state index contributed by atoms with van der Waals surface area (Å²) in [6.45, 7) is 1.38. The van der Waals surface area contributed by atoms with Gasteiger partial charge in [-0.3, -0.25) is 4.79 Å². The van der Waals surface area contributed by atoms with E-state index in [9.17, 15) is 14.7 Å². The summed E-state index contributed by atoms with van der Waals surface area (Å²) in [5, 5.41) is 18.5. The number of rotatable bonds is 9. The Kier molecular flexibility index (Phi) is 6.59. The Bertz CT molecular complexity index is 1310. The van der Waals surface area contributed by atoms with Gasteiger partial charge >= 0.3 is 5.97 Å². The Hall–Kier alpha value is -4.59. The molecule has 2 N–H and O–H groups in total. The molecular weight excluding hydrogens is 438 g/mol. The highest BCUT2D eigenvalue weighted by atomic mass is 16.5. The molecular formula is C26H21NO7. The molecule has 0 atom stereocenters. The van der Waals surface area contributed by atoms with Gasteiger partial charge < -0.3 is 24.1 Å². The first-order valence-electron chi connectivity index (χ1n) is 10.4. The van der Waals surface area contributed by atoms with Gasteiger partial charge in [0.1, 0.15) is 35.3 Å². The van der Waals surface area contributed by atoms with E-state index in [1.807, 2.05) is 37.3 Å². The standard InChI is InChI=1S/C26H21NO7/c1-16-22(27-26(34-16)18-5-3-2-4-6-18)14-32-20-10-7-17(8-11-20)25(31)21-12-9-19(28)13-23(21)33-15-24(29)30/h2-13,28H,14-15H2,1H3,(H,29,30). The fourth-order valence-corrected chi connectivity index (χ4v) is 3.23. The summed E-state index contributed by atoms with van der Waals surface area (Å²) >= 11 is 0. The molecule has 0 radical (unpaired) electrons. The molecule has 1 heterocycles. The maximum absolute atomic E-state index is 12.9. The normalized spacial score (nSPS) is 10.6. The molecule has 0 aliphatic rings. The van der Waals surface area contributed by atoms with Gasteiger partial charge in [0.05, 0.1) is 5.56 Å². The van der Waals surface area contributed by atoms with Crippen LogP contribution in [0.3, 0.4) is 0 Å². The summed E-state index contributed by atoms with van der Waals surface area (Å²) < 4.78 is 16.7. The Balaban J connectivity index is 1.45. The quantitative estimate of drug-likeness (QED) is 0.348. The van der Waals surface area contributed by atoms with E-state index in [0.29, 0.717) is 28.7 Å². The molecule has 0 saturated heterocycles. The topological polar surface area (TPSA) is 119 Å². The third-order valence-electron chi connectivity index (χ3n) is 4.97. The Morgan fingerprint density at radius 2 is 1.71 bits per heavy atom. The number of phenolic OH excluding ortho intramolecular Hbond substituents is 1. The van der Waals surface area contributed by atoms with Crippen molar-refractivity contribution in [3.63, 3.8) is 0 Å². The highest BCUT2D eigenvalue weighted by molar-refractivity contribution is 6.10. The SMILES string of the molecule is Cc1oc(-c2ccccc2)nc1COc1ccc(C(=O)c2ccc(O)cc2OCC(=O)O)cc1. The van der Waals surface area contributed by atoms with Crippen molar-refractivity contribution in [2.45, 2.75) is 13.5 Å². The van der Waals surface area contributed by atoms with E-state index in [4.69, 9.17) is 19.0 Å². The molecule has 8 nitrogen and oxygen atoms in total. The number of oxazole rings is 1. The molecule has 8 heteroatoms. The van der Waals surface area contributed by atoms with Crippen LogP contribution in [0.5, 0.6) is 17.2 Å². The first-order chi connectivity index (χ1) is 16.4. The van der Waals surface area contributed by atoms with Gasteiger partial charge in [-0.15, -0.1) is 0 Å². The lowest BCUT2D eigenvalue weighted by atomic mass is 10.0. The van der Waals surface area contributed by atoms with E-state index in [2.05, 4.69) is 4.98 Å². The second kappa shape index (κ2) is 9.91. The van der Waals surface area contributed by atoms with Crippen molar-refractivity contribution < 1.29 is 33.7 Å². The highest BCUT2D eigenvalue weighted by Gasteiger charge is 2.17. The van der Waals surface area contributed by atoms with Gasteiger partial charge in [-0.2, -0.15) is 0 Å². The van der Waals surface area contributed by atoms with Crippen LogP contribution < -0.4 is 9.47 Å². The minimum Gasteiger partial charge on any atom is -0.508 e. The van der Waals surface area contributed by atoms with Crippen LogP contribution in [0.1, 0.15) is 27.4 Å². The van der Waals surface area contributed by atoms with E-state index < -0.39 is 12.6 Å².